The SMILES string of the molecule is N#Cc1nccnc1NCc1cccc2cccnc12. The second kappa shape index (κ2) is 5.33. The van der Waals surface area contributed by atoms with Gasteiger partial charge in [-0.1, -0.05) is 24.3 Å². The van der Waals surface area contributed by atoms with Crippen molar-refractivity contribution in [2.45, 2.75) is 6.54 Å². The van der Waals surface area contributed by atoms with Gasteiger partial charge in [0, 0.05) is 30.5 Å². The number of fused-ring (bicyclic) bond motifs is 1. The highest BCUT2D eigenvalue weighted by atomic mass is 15.0. The summed E-state index contributed by atoms with van der Waals surface area (Å²) in [6, 6.07) is 12.0. The molecule has 0 aliphatic heterocycles. The zero-order valence-corrected chi connectivity index (χ0v) is 10.6. The Morgan fingerprint density at radius 1 is 1.00 bits per heavy atom. The van der Waals surface area contributed by atoms with Crippen molar-refractivity contribution in [3.05, 3.63) is 60.2 Å². The van der Waals surface area contributed by atoms with E-state index in [1.807, 2.05) is 36.4 Å². The fraction of sp³-hybridized carbons (Fsp3) is 0.0667. The second-order valence-electron chi connectivity index (χ2n) is 4.21. The molecule has 3 rings (SSSR count). The first-order valence-electron chi connectivity index (χ1n) is 6.16. The van der Waals surface area contributed by atoms with Gasteiger partial charge in [-0.25, -0.2) is 9.97 Å². The van der Waals surface area contributed by atoms with Crippen molar-refractivity contribution < 1.29 is 0 Å². The van der Waals surface area contributed by atoms with Crippen molar-refractivity contribution in [2.75, 3.05) is 5.32 Å². The number of aromatic nitrogens is 3. The van der Waals surface area contributed by atoms with Gasteiger partial charge in [-0.2, -0.15) is 5.26 Å². The van der Waals surface area contributed by atoms with Gasteiger partial charge in [0.15, 0.2) is 11.5 Å². The van der Waals surface area contributed by atoms with Crippen molar-refractivity contribution >= 4 is 16.7 Å². The van der Waals surface area contributed by atoms with Gasteiger partial charge >= 0.3 is 0 Å². The molecule has 5 heteroatoms. The van der Waals surface area contributed by atoms with Crippen LogP contribution < -0.4 is 5.32 Å². The highest BCUT2D eigenvalue weighted by molar-refractivity contribution is 5.81. The Hall–Kier alpha value is -3.00. The third-order valence-corrected chi connectivity index (χ3v) is 2.97. The molecule has 1 N–H and O–H groups in total. The number of hydrogen-bond donors (Lipinski definition) is 1. The van der Waals surface area contributed by atoms with Crippen LogP contribution in [-0.4, -0.2) is 15.0 Å². The number of nitriles is 1. The van der Waals surface area contributed by atoms with E-state index in [9.17, 15) is 0 Å². The summed E-state index contributed by atoms with van der Waals surface area (Å²) in [6.07, 6.45) is 4.84. The molecule has 0 spiro atoms. The monoisotopic (exact) mass is 261 g/mol. The third kappa shape index (κ3) is 2.27. The average Bonchev–Trinajstić information content (AvgIpc) is 2.53. The minimum Gasteiger partial charge on any atom is -0.363 e. The summed E-state index contributed by atoms with van der Waals surface area (Å²) in [7, 11) is 0. The minimum atomic E-state index is 0.292. The van der Waals surface area contributed by atoms with E-state index in [0.29, 0.717) is 18.1 Å². The molecular formula is C15H11N5. The smallest absolute Gasteiger partial charge is 0.182 e. The summed E-state index contributed by atoms with van der Waals surface area (Å²) in [6.45, 7) is 0.543. The summed E-state index contributed by atoms with van der Waals surface area (Å²) >= 11 is 0. The van der Waals surface area contributed by atoms with Gasteiger partial charge in [0.2, 0.25) is 0 Å². The number of nitrogens with one attached hydrogen (secondary N) is 1. The van der Waals surface area contributed by atoms with Crippen LogP contribution in [-0.2, 0) is 6.54 Å². The van der Waals surface area contributed by atoms with Crippen LogP contribution in [0, 0.1) is 11.3 Å². The Balaban J connectivity index is 1.89. The standard InChI is InChI=1S/C15H11N5/c16-9-13-15(19-8-7-17-13)20-10-12-4-1-3-11-5-2-6-18-14(11)12/h1-8H,10H2,(H,19,20). The second-order valence-corrected chi connectivity index (χ2v) is 4.21. The van der Waals surface area contributed by atoms with Crippen LogP contribution in [0.2, 0.25) is 0 Å². The van der Waals surface area contributed by atoms with Gasteiger partial charge in [-0.3, -0.25) is 4.98 Å². The molecule has 0 atom stereocenters. The number of pyridine rings is 1. The Kier molecular flexibility index (Phi) is 3.21. The van der Waals surface area contributed by atoms with Crippen molar-refractivity contribution in [1.82, 2.24) is 15.0 Å². The van der Waals surface area contributed by atoms with E-state index in [1.54, 1.807) is 12.4 Å². The fourth-order valence-electron chi connectivity index (χ4n) is 2.04. The van der Waals surface area contributed by atoms with Gasteiger partial charge < -0.3 is 5.32 Å². The normalized spacial score (nSPS) is 10.2. The van der Waals surface area contributed by atoms with Gasteiger partial charge in [0.1, 0.15) is 6.07 Å². The molecule has 0 saturated carbocycles. The summed E-state index contributed by atoms with van der Waals surface area (Å²) < 4.78 is 0. The Bertz CT molecular complexity index is 786. The summed E-state index contributed by atoms with van der Waals surface area (Å²) in [5.74, 6) is 0.489. The van der Waals surface area contributed by atoms with Crippen LogP contribution >= 0.6 is 0 Å². The molecule has 0 amide bonds. The first-order chi connectivity index (χ1) is 9.88. The number of rotatable bonds is 3. The molecular weight excluding hydrogens is 250 g/mol. The molecule has 5 nitrogen and oxygen atoms in total. The molecule has 2 heterocycles. The maximum absolute atomic E-state index is 8.98. The zero-order chi connectivity index (χ0) is 13.8. The van der Waals surface area contributed by atoms with Crippen molar-refractivity contribution in [2.24, 2.45) is 0 Å². The number of para-hydroxylation sites is 1. The lowest BCUT2D eigenvalue weighted by Gasteiger charge is -2.08. The Morgan fingerprint density at radius 2 is 1.85 bits per heavy atom. The number of benzene rings is 1. The molecule has 1 aromatic carbocycles. The van der Waals surface area contributed by atoms with Crippen LogP contribution in [0.15, 0.2) is 48.9 Å². The van der Waals surface area contributed by atoms with Crippen LogP contribution in [0.5, 0.6) is 0 Å². The lowest BCUT2D eigenvalue weighted by atomic mass is 10.1. The van der Waals surface area contributed by atoms with Gasteiger partial charge in [-0.15, -0.1) is 0 Å². The number of anilines is 1. The highest BCUT2D eigenvalue weighted by Crippen LogP contribution is 2.17. The van der Waals surface area contributed by atoms with E-state index in [-0.39, 0.29) is 0 Å². The van der Waals surface area contributed by atoms with Gasteiger partial charge in [0.05, 0.1) is 5.52 Å². The van der Waals surface area contributed by atoms with E-state index in [0.717, 1.165) is 16.5 Å². The number of nitrogens with zero attached hydrogens (tertiary/aromatic N) is 4. The summed E-state index contributed by atoms with van der Waals surface area (Å²) in [4.78, 5) is 12.5. The summed E-state index contributed by atoms with van der Waals surface area (Å²) in [5.41, 5.74) is 2.29. The predicted octanol–water partition coefficient (Wildman–Crippen LogP) is 2.51. The zero-order valence-electron chi connectivity index (χ0n) is 10.6. The first kappa shape index (κ1) is 12.1. The molecule has 2 aromatic heterocycles. The van der Waals surface area contributed by atoms with Crippen LogP contribution in [0.4, 0.5) is 5.82 Å². The molecule has 3 aromatic rings. The third-order valence-electron chi connectivity index (χ3n) is 2.97. The molecule has 0 bridgehead atoms. The molecule has 0 aliphatic carbocycles. The van der Waals surface area contributed by atoms with E-state index in [2.05, 4.69) is 20.3 Å². The molecule has 0 radical (unpaired) electrons. The molecule has 96 valence electrons. The predicted molar refractivity (Wildman–Crippen MR) is 75.8 cm³/mol. The van der Waals surface area contributed by atoms with E-state index in [1.165, 1.54) is 6.20 Å². The Morgan fingerprint density at radius 3 is 2.75 bits per heavy atom. The largest absolute Gasteiger partial charge is 0.363 e. The lowest BCUT2D eigenvalue weighted by molar-refractivity contribution is 1.08. The Labute approximate surface area is 116 Å². The topological polar surface area (TPSA) is 74.5 Å². The fourth-order valence-corrected chi connectivity index (χ4v) is 2.04. The molecule has 20 heavy (non-hydrogen) atoms. The number of hydrogen-bond acceptors (Lipinski definition) is 5. The maximum atomic E-state index is 8.98. The van der Waals surface area contributed by atoms with Gasteiger partial charge in [0.25, 0.3) is 0 Å². The van der Waals surface area contributed by atoms with Crippen molar-refractivity contribution in [3.8, 4) is 6.07 Å². The van der Waals surface area contributed by atoms with Crippen molar-refractivity contribution in [1.29, 1.82) is 5.26 Å². The molecule has 0 fully saturated rings. The molecule has 0 unspecified atom stereocenters. The molecule has 0 saturated heterocycles. The van der Waals surface area contributed by atoms with Crippen molar-refractivity contribution in [3.63, 3.8) is 0 Å². The minimum absolute atomic E-state index is 0.292. The highest BCUT2D eigenvalue weighted by Gasteiger charge is 2.05. The maximum Gasteiger partial charge on any atom is 0.182 e. The van der Waals surface area contributed by atoms with Crippen LogP contribution in [0.3, 0.4) is 0 Å². The molecule has 0 aliphatic rings. The van der Waals surface area contributed by atoms with Gasteiger partial charge in [-0.05, 0) is 11.6 Å². The lowest BCUT2D eigenvalue weighted by Crippen LogP contribution is -2.05. The van der Waals surface area contributed by atoms with E-state index in [4.69, 9.17) is 5.26 Å². The summed E-state index contributed by atoms with van der Waals surface area (Å²) in [5, 5.41) is 13.2. The van der Waals surface area contributed by atoms with E-state index >= 15 is 0 Å². The van der Waals surface area contributed by atoms with E-state index < -0.39 is 0 Å². The average molecular weight is 261 g/mol. The first-order valence-corrected chi connectivity index (χ1v) is 6.16. The quantitative estimate of drug-likeness (QED) is 0.784. The van der Waals surface area contributed by atoms with Crippen LogP contribution in [0.25, 0.3) is 10.9 Å². The van der Waals surface area contributed by atoms with Crippen LogP contribution in [0.1, 0.15) is 11.3 Å².